The summed E-state index contributed by atoms with van der Waals surface area (Å²) in [5.41, 5.74) is 2.56. The van der Waals surface area contributed by atoms with E-state index in [1.54, 1.807) is 6.20 Å². The van der Waals surface area contributed by atoms with E-state index in [2.05, 4.69) is 28.2 Å². The van der Waals surface area contributed by atoms with E-state index in [0.717, 1.165) is 80.1 Å². The molecule has 1 saturated heterocycles. The van der Waals surface area contributed by atoms with Crippen LogP contribution in [0.3, 0.4) is 0 Å². The van der Waals surface area contributed by atoms with Gasteiger partial charge in [-0.25, -0.2) is 4.98 Å². The van der Waals surface area contributed by atoms with Crippen molar-refractivity contribution in [1.29, 1.82) is 0 Å². The molecule has 0 unspecified atom stereocenters. The maximum absolute atomic E-state index is 12.8. The molecule has 1 aromatic carbocycles. The van der Waals surface area contributed by atoms with Crippen molar-refractivity contribution in [2.45, 2.75) is 56.9 Å². The Morgan fingerprint density at radius 1 is 1.17 bits per heavy atom. The average molecular weight is 495 g/mol. The zero-order valence-corrected chi connectivity index (χ0v) is 20.8. The summed E-state index contributed by atoms with van der Waals surface area (Å²) in [4.78, 5) is 34.3. The van der Waals surface area contributed by atoms with Crippen molar-refractivity contribution < 1.29 is 14.3 Å². The molecule has 8 heteroatoms. The molecule has 2 fully saturated rings. The summed E-state index contributed by atoms with van der Waals surface area (Å²) in [5.74, 6) is 2.55. The predicted octanol–water partition coefficient (Wildman–Crippen LogP) is 4.18. The van der Waals surface area contributed by atoms with Crippen LogP contribution in [0.25, 0.3) is 0 Å². The quantitative estimate of drug-likeness (QED) is 0.675. The third-order valence-corrected chi connectivity index (χ3v) is 8.54. The first-order valence-electron chi connectivity index (χ1n) is 12.7. The molecular formula is C27H31ClN4O3. The highest BCUT2D eigenvalue weighted by Gasteiger charge is 2.48. The van der Waals surface area contributed by atoms with Gasteiger partial charge in [0.05, 0.1) is 11.6 Å². The van der Waals surface area contributed by atoms with Crippen LogP contribution < -0.4 is 15.0 Å². The van der Waals surface area contributed by atoms with Crippen LogP contribution in [0.5, 0.6) is 5.75 Å². The summed E-state index contributed by atoms with van der Waals surface area (Å²) in [6.45, 7) is 5.26. The molecule has 2 amide bonds. The smallest absolute Gasteiger partial charge is 0.235 e. The highest BCUT2D eigenvalue weighted by atomic mass is 35.5. The number of halogens is 1. The first-order chi connectivity index (χ1) is 16.9. The van der Waals surface area contributed by atoms with E-state index < -0.39 is 5.41 Å². The molecule has 184 valence electrons. The van der Waals surface area contributed by atoms with E-state index >= 15 is 0 Å². The third kappa shape index (κ3) is 3.99. The van der Waals surface area contributed by atoms with Crippen molar-refractivity contribution in [1.82, 2.24) is 9.88 Å². The molecule has 2 aromatic rings. The van der Waals surface area contributed by atoms with Crippen molar-refractivity contribution >= 4 is 34.9 Å². The number of nitrogens with one attached hydrogen (secondary N) is 1. The van der Waals surface area contributed by atoms with Gasteiger partial charge in [-0.2, -0.15) is 0 Å². The molecular weight excluding hydrogens is 464 g/mol. The number of anilines is 2. The third-order valence-electron chi connectivity index (χ3n) is 8.30. The number of benzene rings is 1. The normalized spacial score (nSPS) is 25.1. The Morgan fingerprint density at radius 3 is 2.74 bits per heavy atom. The fourth-order valence-electron chi connectivity index (χ4n) is 6.22. The Morgan fingerprint density at radius 2 is 1.97 bits per heavy atom. The lowest BCUT2D eigenvalue weighted by Crippen LogP contribution is -2.49. The maximum atomic E-state index is 12.8. The van der Waals surface area contributed by atoms with Gasteiger partial charge >= 0.3 is 0 Å². The molecule has 1 aromatic heterocycles. The molecule has 3 aliphatic heterocycles. The Bertz CT molecular complexity index is 1170. The molecule has 4 heterocycles. The van der Waals surface area contributed by atoms with Gasteiger partial charge < -0.3 is 10.1 Å². The number of carbonyl (C=O) groups is 2. The minimum absolute atomic E-state index is 0.0923. The van der Waals surface area contributed by atoms with Crippen LogP contribution in [0.2, 0.25) is 5.02 Å². The van der Waals surface area contributed by atoms with E-state index in [0.29, 0.717) is 30.0 Å². The summed E-state index contributed by atoms with van der Waals surface area (Å²) in [7, 11) is 0. The van der Waals surface area contributed by atoms with Crippen LogP contribution in [-0.4, -0.2) is 54.0 Å². The summed E-state index contributed by atoms with van der Waals surface area (Å²) in [6.07, 6.45) is 6.68. The lowest BCUT2D eigenvalue weighted by atomic mass is 9.73. The standard InChI is InChI=1S/C27H31ClN4O3/c1-17-12-20(13-17)32-24(33)5-2-18-14-21(16-29-25(18)32)35-11-10-31-8-6-27(7-9-31)22-15-19(28)3-4-23(22)30-26(27)34/h3-4,14-17,20H,2,5-13H2,1H3,(H,30,34). The molecule has 1 saturated carbocycles. The van der Waals surface area contributed by atoms with Gasteiger partial charge in [0, 0.05) is 29.7 Å². The monoisotopic (exact) mass is 494 g/mol. The number of amides is 2. The van der Waals surface area contributed by atoms with Gasteiger partial charge in [0.25, 0.3) is 0 Å². The number of pyridine rings is 1. The number of hydrogen-bond donors (Lipinski definition) is 1. The minimum atomic E-state index is -0.471. The molecule has 7 nitrogen and oxygen atoms in total. The van der Waals surface area contributed by atoms with Crippen molar-refractivity contribution in [3.8, 4) is 5.75 Å². The number of aromatic nitrogens is 1. The lowest BCUT2D eigenvalue weighted by molar-refractivity contribution is -0.122. The highest BCUT2D eigenvalue weighted by molar-refractivity contribution is 6.31. The van der Waals surface area contributed by atoms with Gasteiger partial charge in [-0.15, -0.1) is 0 Å². The zero-order chi connectivity index (χ0) is 24.2. The number of carbonyl (C=O) groups excluding carboxylic acids is 2. The number of likely N-dealkylation sites (tertiary alicyclic amines) is 1. The lowest BCUT2D eigenvalue weighted by Gasteiger charge is -2.43. The fraction of sp³-hybridized carbons (Fsp3) is 0.519. The van der Waals surface area contributed by atoms with Gasteiger partial charge in [0.15, 0.2) is 0 Å². The van der Waals surface area contributed by atoms with Crippen molar-refractivity contribution in [3.63, 3.8) is 0 Å². The predicted molar refractivity (Wildman–Crippen MR) is 135 cm³/mol. The van der Waals surface area contributed by atoms with Crippen LogP contribution in [-0.2, 0) is 21.4 Å². The van der Waals surface area contributed by atoms with Gasteiger partial charge in [-0.05, 0) is 86.5 Å². The largest absolute Gasteiger partial charge is 0.491 e. The number of piperidine rings is 1. The molecule has 6 rings (SSSR count). The fourth-order valence-corrected chi connectivity index (χ4v) is 6.39. The molecule has 1 spiro atoms. The molecule has 35 heavy (non-hydrogen) atoms. The van der Waals surface area contributed by atoms with Crippen LogP contribution in [0.4, 0.5) is 11.5 Å². The van der Waals surface area contributed by atoms with E-state index in [1.165, 1.54) is 0 Å². The second kappa shape index (κ2) is 8.79. The summed E-state index contributed by atoms with van der Waals surface area (Å²) in [5, 5.41) is 3.71. The van der Waals surface area contributed by atoms with Crippen molar-refractivity contribution in [2.75, 3.05) is 36.5 Å². The number of rotatable bonds is 5. The van der Waals surface area contributed by atoms with Crippen molar-refractivity contribution in [2.24, 2.45) is 5.92 Å². The van der Waals surface area contributed by atoms with E-state index in [9.17, 15) is 9.59 Å². The summed E-state index contributed by atoms with van der Waals surface area (Å²) >= 11 is 6.23. The summed E-state index contributed by atoms with van der Waals surface area (Å²) < 4.78 is 6.06. The average Bonchev–Trinajstić information content (AvgIpc) is 3.09. The number of fused-ring (bicyclic) bond motifs is 3. The van der Waals surface area contributed by atoms with Crippen LogP contribution in [0.15, 0.2) is 30.5 Å². The highest BCUT2D eigenvalue weighted by Crippen LogP contribution is 2.45. The number of ether oxygens (including phenoxy) is 1. The van der Waals surface area contributed by atoms with Gasteiger partial charge in [0.1, 0.15) is 18.2 Å². The Labute approximate surface area is 210 Å². The molecule has 0 radical (unpaired) electrons. The molecule has 1 N–H and O–H groups in total. The summed E-state index contributed by atoms with van der Waals surface area (Å²) in [6, 6.07) is 8.02. The molecule has 4 aliphatic rings. The van der Waals surface area contributed by atoms with Gasteiger partial charge in [0.2, 0.25) is 11.8 Å². The topological polar surface area (TPSA) is 74.8 Å². The van der Waals surface area contributed by atoms with Crippen LogP contribution in [0, 0.1) is 5.92 Å². The van der Waals surface area contributed by atoms with E-state index in [1.807, 2.05) is 23.1 Å². The van der Waals surface area contributed by atoms with Gasteiger partial charge in [-0.1, -0.05) is 18.5 Å². The van der Waals surface area contributed by atoms with Crippen molar-refractivity contribution in [3.05, 3.63) is 46.6 Å². The first-order valence-corrected chi connectivity index (χ1v) is 13.1. The minimum Gasteiger partial charge on any atom is -0.491 e. The molecule has 1 aliphatic carbocycles. The zero-order valence-electron chi connectivity index (χ0n) is 20.1. The number of nitrogens with zero attached hydrogens (tertiary/aromatic N) is 3. The van der Waals surface area contributed by atoms with E-state index in [4.69, 9.17) is 16.3 Å². The molecule has 0 bridgehead atoms. The number of hydrogen-bond acceptors (Lipinski definition) is 5. The second-order valence-electron chi connectivity index (χ2n) is 10.6. The second-order valence-corrected chi connectivity index (χ2v) is 11.0. The maximum Gasteiger partial charge on any atom is 0.235 e. The number of aryl methyl sites for hydroxylation is 1. The SMILES string of the molecule is CC1CC(N2C(=O)CCc3cc(OCCN4CCC5(CC4)C(=O)Nc4ccc(Cl)cc45)cnc32)C1. The first kappa shape index (κ1) is 22.8. The van der Waals surface area contributed by atoms with Crippen LogP contribution >= 0.6 is 11.6 Å². The van der Waals surface area contributed by atoms with Crippen LogP contribution in [0.1, 0.15) is 50.2 Å². The van der Waals surface area contributed by atoms with Gasteiger partial charge in [-0.3, -0.25) is 19.4 Å². The van der Waals surface area contributed by atoms with E-state index in [-0.39, 0.29) is 11.8 Å². The Balaban J connectivity index is 1.05. The Hall–Kier alpha value is -2.64. The Kier molecular flexibility index (Phi) is 5.72. The molecule has 0 atom stereocenters.